The predicted octanol–water partition coefficient (Wildman–Crippen LogP) is 3.43. The van der Waals surface area contributed by atoms with E-state index in [4.69, 9.17) is 4.74 Å². The Balaban J connectivity index is 1.91. The monoisotopic (exact) mass is 289 g/mol. The van der Waals surface area contributed by atoms with Gasteiger partial charge in [0.2, 0.25) is 0 Å². The SMILES string of the molecule is COc1cccc(F)c1-c1cnc(C2CCCCCN2)[nH]1. The Labute approximate surface area is 123 Å². The van der Waals surface area contributed by atoms with Crippen LogP contribution in [0.1, 0.15) is 37.5 Å². The summed E-state index contributed by atoms with van der Waals surface area (Å²) in [6.07, 6.45) is 6.38. The molecule has 1 aromatic heterocycles. The Kier molecular flexibility index (Phi) is 4.20. The number of hydrogen-bond acceptors (Lipinski definition) is 3. The Morgan fingerprint density at radius 1 is 1.29 bits per heavy atom. The maximum atomic E-state index is 14.1. The lowest BCUT2D eigenvalue weighted by Gasteiger charge is -2.12. The third-order valence-electron chi connectivity index (χ3n) is 3.95. The zero-order valence-electron chi connectivity index (χ0n) is 12.2. The summed E-state index contributed by atoms with van der Waals surface area (Å²) in [7, 11) is 1.54. The third-order valence-corrected chi connectivity index (χ3v) is 3.95. The smallest absolute Gasteiger partial charge is 0.136 e. The maximum absolute atomic E-state index is 14.1. The van der Waals surface area contributed by atoms with Crippen LogP contribution in [0.5, 0.6) is 5.75 Å². The van der Waals surface area contributed by atoms with E-state index in [9.17, 15) is 4.39 Å². The quantitative estimate of drug-likeness (QED) is 0.910. The van der Waals surface area contributed by atoms with Crippen molar-refractivity contribution in [1.29, 1.82) is 0 Å². The highest BCUT2D eigenvalue weighted by atomic mass is 19.1. The van der Waals surface area contributed by atoms with Crippen LogP contribution in [0.25, 0.3) is 11.3 Å². The number of aromatic amines is 1. The van der Waals surface area contributed by atoms with E-state index in [2.05, 4.69) is 15.3 Å². The largest absolute Gasteiger partial charge is 0.496 e. The number of halogens is 1. The first-order chi connectivity index (χ1) is 10.3. The van der Waals surface area contributed by atoms with Gasteiger partial charge in [-0.25, -0.2) is 9.37 Å². The van der Waals surface area contributed by atoms with Crippen LogP contribution in [0.4, 0.5) is 4.39 Å². The molecule has 0 aliphatic carbocycles. The van der Waals surface area contributed by atoms with Crippen molar-refractivity contribution in [1.82, 2.24) is 15.3 Å². The normalized spacial score (nSPS) is 19.2. The Morgan fingerprint density at radius 2 is 2.19 bits per heavy atom. The number of aromatic nitrogens is 2. The van der Waals surface area contributed by atoms with Crippen molar-refractivity contribution in [3.05, 3.63) is 36.0 Å². The van der Waals surface area contributed by atoms with Crippen molar-refractivity contribution >= 4 is 0 Å². The second-order valence-corrected chi connectivity index (χ2v) is 5.36. The Bertz CT molecular complexity index is 603. The van der Waals surface area contributed by atoms with Gasteiger partial charge in [-0.1, -0.05) is 18.9 Å². The number of nitrogens with zero attached hydrogens (tertiary/aromatic N) is 1. The fourth-order valence-electron chi connectivity index (χ4n) is 2.84. The van der Waals surface area contributed by atoms with Crippen LogP contribution in [0.3, 0.4) is 0 Å². The van der Waals surface area contributed by atoms with E-state index < -0.39 is 0 Å². The van der Waals surface area contributed by atoms with E-state index in [0.29, 0.717) is 17.0 Å². The molecule has 2 N–H and O–H groups in total. The molecule has 4 nitrogen and oxygen atoms in total. The first-order valence-electron chi connectivity index (χ1n) is 7.41. The maximum Gasteiger partial charge on any atom is 0.136 e. The zero-order valence-corrected chi connectivity index (χ0v) is 12.2. The third kappa shape index (κ3) is 2.93. The molecule has 3 rings (SSSR count). The van der Waals surface area contributed by atoms with Crippen LogP contribution < -0.4 is 10.1 Å². The van der Waals surface area contributed by atoms with Crippen molar-refractivity contribution in [2.24, 2.45) is 0 Å². The van der Waals surface area contributed by atoms with Gasteiger partial charge < -0.3 is 15.0 Å². The molecule has 5 heteroatoms. The molecule has 0 amide bonds. The number of nitrogens with one attached hydrogen (secondary N) is 2. The molecule has 112 valence electrons. The number of rotatable bonds is 3. The van der Waals surface area contributed by atoms with Crippen molar-refractivity contribution in [3.63, 3.8) is 0 Å². The van der Waals surface area contributed by atoms with Crippen LogP contribution in [0.2, 0.25) is 0 Å². The molecule has 1 saturated heterocycles. The summed E-state index contributed by atoms with van der Waals surface area (Å²) in [5.41, 5.74) is 1.10. The van der Waals surface area contributed by atoms with Crippen LogP contribution in [0.15, 0.2) is 24.4 Å². The molecule has 0 bridgehead atoms. The first-order valence-corrected chi connectivity index (χ1v) is 7.41. The zero-order chi connectivity index (χ0) is 14.7. The summed E-state index contributed by atoms with van der Waals surface area (Å²) in [5, 5.41) is 3.49. The van der Waals surface area contributed by atoms with E-state index in [1.54, 1.807) is 25.4 Å². The van der Waals surface area contributed by atoms with Gasteiger partial charge in [-0.3, -0.25) is 0 Å². The van der Waals surface area contributed by atoms with Gasteiger partial charge in [-0.05, 0) is 31.5 Å². The summed E-state index contributed by atoms with van der Waals surface area (Å²) >= 11 is 0. The number of imidazole rings is 1. The molecule has 1 unspecified atom stereocenters. The molecule has 2 aromatic rings. The van der Waals surface area contributed by atoms with Crippen LogP contribution >= 0.6 is 0 Å². The average Bonchev–Trinajstić information content (AvgIpc) is 2.81. The van der Waals surface area contributed by atoms with Gasteiger partial charge in [0.15, 0.2) is 0 Å². The minimum absolute atomic E-state index is 0.221. The molecule has 0 radical (unpaired) electrons. The molecule has 0 saturated carbocycles. The van der Waals surface area contributed by atoms with Crippen molar-refractivity contribution in [2.45, 2.75) is 31.7 Å². The second-order valence-electron chi connectivity index (χ2n) is 5.36. The van der Waals surface area contributed by atoms with Crippen LogP contribution in [-0.4, -0.2) is 23.6 Å². The molecule has 1 aliphatic rings. The molecule has 1 atom stereocenters. The lowest BCUT2D eigenvalue weighted by molar-refractivity contribution is 0.413. The van der Waals surface area contributed by atoms with Crippen molar-refractivity contribution in [2.75, 3.05) is 13.7 Å². The molecule has 1 fully saturated rings. The summed E-state index contributed by atoms with van der Waals surface area (Å²) in [4.78, 5) is 7.68. The van der Waals surface area contributed by atoms with E-state index in [1.807, 2.05) is 0 Å². The van der Waals surface area contributed by atoms with Gasteiger partial charge in [0.25, 0.3) is 0 Å². The fraction of sp³-hybridized carbons (Fsp3) is 0.438. The molecular weight excluding hydrogens is 269 g/mol. The van der Waals surface area contributed by atoms with Gasteiger partial charge >= 0.3 is 0 Å². The number of methoxy groups -OCH3 is 1. The lowest BCUT2D eigenvalue weighted by Crippen LogP contribution is -2.21. The highest BCUT2D eigenvalue weighted by molar-refractivity contribution is 5.67. The van der Waals surface area contributed by atoms with E-state index in [1.165, 1.54) is 25.3 Å². The minimum atomic E-state index is -0.307. The number of benzene rings is 1. The Morgan fingerprint density at radius 3 is 3.05 bits per heavy atom. The number of hydrogen-bond donors (Lipinski definition) is 2. The van der Waals surface area contributed by atoms with Crippen molar-refractivity contribution < 1.29 is 9.13 Å². The topological polar surface area (TPSA) is 49.9 Å². The van der Waals surface area contributed by atoms with E-state index >= 15 is 0 Å². The van der Waals surface area contributed by atoms with Crippen molar-refractivity contribution in [3.8, 4) is 17.0 Å². The second kappa shape index (κ2) is 6.26. The predicted molar refractivity (Wildman–Crippen MR) is 79.7 cm³/mol. The summed E-state index contributed by atoms with van der Waals surface area (Å²) in [6, 6.07) is 5.05. The standard InChI is InChI=1S/C16H20FN3O/c1-21-14-8-5-6-11(17)15(14)13-10-19-16(20-13)12-7-3-2-4-9-18-12/h5-6,8,10,12,18H,2-4,7,9H2,1H3,(H,19,20). The van der Waals surface area contributed by atoms with Gasteiger partial charge in [0.05, 0.1) is 30.6 Å². The highest BCUT2D eigenvalue weighted by Gasteiger charge is 2.19. The Hall–Kier alpha value is -1.88. The lowest BCUT2D eigenvalue weighted by atomic mass is 10.1. The highest BCUT2D eigenvalue weighted by Crippen LogP contribution is 2.32. The number of H-pyrrole nitrogens is 1. The van der Waals surface area contributed by atoms with E-state index in [-0.39, 0.29) is 11.9 Å². The molecule has 21 heavy (non-hydrogen) atoms. The molecule has 1 aromatic carbocycles. The summed E-state index contributed by atoms with van der Waals surface area (Å²) < 4.78 is 19.3. The molecular formula is C16H20FN3O. The molecule has 1 aliphatic heterocycles. The number of ether oxygens (including phenoxy) is 1. The first kappa shape index (κ1) is 14.1. The fourth-order valence-corrected chi connectivity index (χ4v) is 2.84. The van der Waals surface area contributed by atoms with E-state index in [0.717, 1.165) is 18.8 Å². The van der Waals surface area contributed by atoms with Gasteiger partial charge in [-0.2, -0.15) is 0 Å². The summed E-state index contributed by atoms with van der Waals surface area (Å²) in [5.74, 6) is 1.08. The minimum Gasteiger partial charge on any atom is -0.496 e. The van der Waals surface area contributed by atoms with Gasteiger partial charge in [-0.15, -0.1) is 0 Å². The van der Waals surface area contributed by atoms with Gasteiger partial charge in [0.1, 0.15) is 17.4 Å². The molecule has 0 spiro atoms. The van der Waals surface area contributed by atoms with Gasteiger partial charge in [0, 0.05) is 0 Å². The molecule has 2 heterocycles. The average molecular weight is 289 g/mol. The summed E-state index contributed by atoms with van der Waals surface area (Å²) in [6.45, 7) is 1.00. The van der Waals surface area contributed by atoms with Crippen LogP contribution in [0, 0.1) is 5.82 Å². The van der Waals surface area contributed by atoms with Crippen LogP contribution in [-0.2, 0) is 0 Å².